The molecule has 0 aliphatic heterocycles. The standard InChI is InChI=1S/C17H18O3/c1-12-14(20-16(2,3)4)15(18)17(12,19)11-10-13-8-6-5-7-9-13/h5-9,19H,1-4H3. The van der Waals surface area contributed by atoms with E-state index in [9.17, 15) is 9.90 Å². The third-order valence-electron chi connectivity index (χ3n) is 2.99. The van der Waals surface area contributed by atoms with Crippen molar-refractivity contribution in [3.63, 3.8) is 0 Å². The molecule has 0 bridgehead atoms. The predicted octanol–water partition coefficient (Wildman–Crippen LogP) is 2.44. The summed E-state index contributed by atoms with van der Waals surface area (Å²) in [6.07, 6.45) is 0. The second-order valence-electron chi connectivity index (χ2n) is 5.82. The minimum atomic E-state index is -1.71. The van der Waals surface area contributed by atoms with E-state index in [4.69, 9.17) is 4.74 Å². The molecule has 0 heterocycles. The molecule has 1 atom stereocenters. The van der Waals surface area contributed by atoms with E-state index in [1.165, 1.54) is 0 Å². The lowest BCUT2D eigenvalue weighted by Crippen LogP contribution is -2.51. The molecule has 0 amide bonds. The van der Waals surface area contributed by atoms with E-state index >= 15 is 0 Å². The molecule has 1 aromatic rings. The first kappa shape index (κ1) is 14.4. The molecule has 3 nitrogen and oxygen atoms in total. The van der Waals surface area contributed by atoms with Crippen LogP contribution >= 0.6 is 0 Å². The number of aliphatic hydroxyl groups is 1. The number of hydrogen-bond donors (Lipinski definition) is 1. The molecule has 104 valence electrons. The van der Waals surface area contributed by atoms with E-state index in [-0.39, 0.29) is 5.76 Å². The summed E-state index contributed by atoms with van der Waals surface area (Å²) < 4.78 is 5.55. The van der Waals surface area contributed by atoms with Crippen molar-refractivity contribution in [1.82, 2.24) is 0 Å². The lowest BCUT2D eigenvalue weighted by atomic mass is 9.77. The molecule has 20 heavy (non-hydrogen) atoms. The van der Waals surface area contributed by atoms with Crippen LogP contribution < -0.4 is 0 Å². The Labute approximate surface area is 119 Å². The highest BCUT2D eigenvalue weighted by molar-refractivity contribution is 6.13. The molecule has 0 saturated heterocycles. The zero-order chi connectivity index (χ0) is 15.0. The van der Waals surface area contributed by atoms with Crippen LogP contribution in [-0.4, -0.2) is 22.1 Å². The summed E-state index contributed by atoms with van der Waals surface area (Å²) in [5, 5.41) is 10.3. The number of benzene rings is 1. The monoisotopic (exact) mass is 270 g/mol. The van der Waals surface area contributed by atoms with Crippen molar-refractivity contribution < 1.29 is 14.6 Å². The van der Waals surface area contributed by atoms with Gasteiger partial charge >= 0.3 is 0 Å². The second-order valence-corrected chi connectivity index (χ2v) is 5.82. The molecular weight excluding hydrogens is 252 g/mol. The maximum Gasteiger partial charge on any atom is 0.245 e. The van der Waals surface area contributed by atoms with Gasteiger partial charge in [0.1, 0.15) is 5.60 Å². The summed E-state index contributed by atoms with van der Waals surface area (Å²) in [4.78, 5) is 12.1. The fourth-order valence-corrected chi connectivity index (χ4v) is 1.87. The van der Waals surface area contributed by atoms with Gasteiger partial charge in [-0.2, -0.15) is 0 Å². The van der Waals surface area contributed by atoms with E-state index in [1.807, 2.05) is 51.1 Å². The van der Waals surface area contributed by atoms with Gasteiger partial charge in [0.2, 0.25) is 11.4 Å². The van der Waals surface area contributed by atoms with E-state index in [1.54, 1.807) is 6.92 Å². The van der Waals surface area contributed by atoms with E-state index < -0.39 is 17.0 Å². The highest BCUT2D eigenvalue weighted by atomic mass is 16.5. The van der Waals surface area contributed by atoms with E-state index in [0.717, 1.165) is 5.56 Å². The van der Waals surface area contributed by atoms with Crippen LogP contribution in [0.15, 0.2) is 41.7 Å². The summed E-state index contributed by atoms with van der Waals surface area (Å²) in [6.45, 7) is 7.23. The fraction of sp³-hybridized carbons (Fsp3) is 0.353. The third kappa shape index (κ3) is 2.61. The van der Waals surface area contributed by atoms with Crippen LogP contribution in [0.25, 0.3) is 0 Å². The van der Waals surface area contributed by atoms with Crippen molar-refractivity contribution in [2.75, 3.05) is 0 Å². The Hall–Kier alpha value is -2.05. The summed E-state index contributed by atoms with van der Waals surface area (Å²) in [6, 6.07) is 9.24. The summed E-state index contributed by atoms with van der Waals surface area (Å²) in [5.74, 6) is 5.23. The largest absolute Gasteiger partial charge is 0.484 e. The molecule has 1 aromatic carbocycles. The van der Waals surface area contributed by atoms with Gasteiger partial charge in [-0.05, 0) is 45.7 Å². The topological polar surface area (TPSA) is 46.5 Å². The molecule has 1 unspecified atom stereocenters. The van der Waals surface area contributed by atoms with Crippen LogP contribution in [-0.2, 0) is 9.53 Å². The van der Waals surface area contributed by atoms with Crippen LogP contribution in [0, 0.1) is 11.8 Å². The van der Waals surface area contributed by atoms with Crippen LogP contribution in [0.1, 0.15) is 33.3 Å². The number of hydrogen-bond acceptors (Lipinski definition) is 3. The van der Waals surface area contributed by atoms with Crippen LogP contribution in [0.5, 0.6) is 0 Å². The van der Waals surface area contributed by atoms with Gasteiger partial charge in [0.05, 0.1) is 0 Å². The molecule has 1 aliphatic rings. The van der Waals surface area contributed by atoms with Gasteiger partial charge in [-0.25, -0.2) is 0 Å². The molecule has 1 aliphatic carbocycles. The molecule has 3 heteroatoms. The molecule has 1 N–H and O–H groups in total. The SMILES string of the molecule is CC1=C(OC(C)(C)C)C(=O)C1(O)C#Cc1ccccc1. The number of rotatable bonds is 1. The van der Waals surface area contributed by atoms with Gasteiger partial charge < -0.3 is 9.84 Å². The molecule has 0 fully saturated rings. The van der Waals surface area contributed by atoms with Gasteiger partial charge in [0, 0.05) is 11.1 Å². The minimum Gasteiger partial charge on any atom is -0.484 e. The van der Waals surface area contributed by atoms with Crippen molar-refractivity contribution >= 4 is 5.78 Å². The normalized spacial score (nSPS) is 21.9. The van der Waals surface area contributed by atoms with Gasteiger partial charge in [0.25, 0.3) is 0 Å². The molecule has 0 aromatic heterocycles. The highest BCUT2D eigenvalue weighted by Crippen LogP contribution is 2.37. The first-order valence-electron chi connectivity index (χ1n) is 6.50. The number of ketones is 1. The van der Waals surface area contributed by atoms with E-state index in [2.05, 4.69) is 11.8 Å². The maximum atomic E-state index is 12.1. The number of Topliss-reactive ketones (excluding diaryl/α,β-unsaturated/α-hetero) is 1. The number of carbonyl (C=O) groups excluding carboxylic acids is 1. The average molecular weight is 270 g/mol. The fourth-order valence-electron chi connectivity index (χ4n) is 1.87. The maximum absolute atomic E-state index is 12.1. The molecule has 0 saturated carbocycles. The van der Waals surface area contributed by atoms with Crippen LogP contribution in [0.3, 0.4) is 0 Å². The predicted molar refractivity (Wildman–Crippen MR) is 76.8 cm³/mol. The third-order valence-corrected chi connectivity index (χ3v) is 2.99. The zero-order valence-electron chi connectivity index (χ0n) is 12.2. The molecule has 0 spiro atoms. The average Bonchev–Trinajstić information content (AvgIpc) is 2.41. The van der Waals surface area contributed by atoms with Crippen LogP contribution in [0.4, 0.5) is 0 Å². The highest BCUT2D eigenvalue weighted by Gasteiger charge is 2.52. The Bertz CT molecular complexity index is 624. The lowest BCUT2D eigenvalue weighted by Gasteiger charge is -2.36. The lowest BCUT2D eigenvalue weighted by molar-refractivity contribution is -0.137. The Balaban J connectivity index is 2.27. The Morgan fingerprint density at radius 1 is 1.20 bits per heavy atom. The van der Waals surface area contributed by atoms with Gasteiger partial charge in [-0.1, -0.05) is 24.1 Å². The molecule has 0 radical (unpaired) electrons. The smallest absolute Gasteiger partial charge is 0.245 e. The minimum absolute atomic E-state index is 0.224. The number of ether oxygens (including phenoxy) is 1. The first-order chi connectivity index (χ1) is 9.24. The Kier molecular flexibility index (Phi) is 3.45. The molecule has 2 rings (SSSR count). The Morgan fingerprint density at radius 2 is 1.80 bits per heavy atom. The summed E-state index contributed by atoms with van der Waals surface area (Å²) in [7, 11) is 0. The van der Waals surface area contributed by atoms with E-state index in [0.29, 0.717) is 5.57 Å². The Morgan fingerprint density at radius 3 is 2.30 bits per heavy atom. The molecular formula is C17H18O3. The quantitative estimate of drug-likeness (QED) is 0.797. The van der Waals surface area contributed by atoms with Crippen molar-refractivity contribution in [3.05, 3.63) is 47.2 Å². The van der Waals surface area contributed by atoms with Crippen molar-refractivity contribution in [3.8, 4) is 11.8 Å². The van der Waals surface area contributed by atoms with Crippen molar-refractivity contribution in [2.24, 2.45) is 0 Å². The van der Waals surface area contributed by atoms with Gasteiger partial charge in [0.15, 0.2) is 5.76 Å². The van der Waals surface area contributed by atoms with Gasteiger partial charge in [-0.3, -0.25) is 4.79 Å². The first-order valence-corrected chi connectivity index (χ1v) is 6.50. The van der Waals surface area contributed by atoms with Crippen molar-refractivity contribution in [2.45, 2.75) is 38.9 Å². The van der Waals surface area contributed by atoms with Gasteiger partial charge in [-0.15, -0.1) is 0 Å². The zero-order valence-corrected chi connectivity index (χ0v) is 12.2. The second kappa shape index (κ2) is 4.81. The summed E-state index contributed by atoms with van der Waals surface area (Å²) in [5.41, 5.74) is -0.954. The number of carbonyl (C=O) groups is 1. The van der Waals surface area contributed by atoms with Crippen molar-refractivity contribution in [1.29, 1.82) is 0 Å². The van der Waals surface area contributed by atoms with Crippen LogP contribution in [0.2, 0.25) is 0 Å². The summed E-state index contributed by atoms with van der Waals surface area (Å²) >= 11 is 0.